The molecule has 9 atom stereocenters. The summed E-state index contributed by atoms with van der Waals surface area (Å²) >= 11 is 0. The van der Waals surface area contributed by atoms with E-state index >= 15 is 0 Å². The van der Waals surface area contributed by atoms with Crippen LogP contribution in [0.15, 0.2) is 11.6 Å². The Hall–Kier alpha value is -1.33. The van der Waals surface area contributed by atoms with Crippen molar-refractivity contribution in [3.05, 3.63) is 11.6 Å². The maximum absolute atomic E-state index is 13.8. The molecule has 5 heteroatoms. The van der Waals surface area contributed by atoms with Gasteiger partial charge in [0.25, 0.3) is 0 Å². The van der Waals surface area contributed by atoms with Crippen LogP contribution < -0.4 is 0 Å². The van der Waals surface area contributed by atoms with Crippen molar-refractivity contribution in [1.82, 2.24) is 0 Å². The average molecular weight is 445 g/mol. The first-order valence-electron chi connectivity index (χ1n) is 12.6. The molecule has 178 valence electrons. The number of aliphatic hydroxyl groups is 2. The first-order chi connectivity index (χ1) is 15.0. The van der Waals surface area contributed by atoms with Gasteiger partial charge in [-0.25, -0.2) is 0 Å². The molecular weight excluding hydrogens is 404 g/mol. The van der Waals surface area contributed by atoms with E-state index in [1.165, 1.54) is 5.57 Å². The number of carbonyl (C=O) groups excluding carboxylic acids is 3. The van der Waals surface area contributed by atoms with Crippen molar-refractivity contribution >= 4 is 17.3 Å². The third kappa shape index (κ3) is 3.55. The van der Waals surface area contributed by atoms with Gasteiger partial charge >= 0.3 is 0 Å². The number of rotatable bonds is 6. The Labute approximate surface area is 192 Å². The van der Waals surface area contributed by atoms with Gasteiger partial charge in [-0.15, -0.1) is 0 Å². The largest absolute Gasteiger partial charge is 0.396 e. The Morgan fingerprint density at radius 1 is 1.16 bits per heavy atom. The Morgan fingerprint density at radius 2 is 1.88 bits per heavy atom. The van der Waals surface area contributed by atoms with Gasteiger partial charge in [0.2, 0.25) is 0 Å². The summed E-state index contributed by atoms with van der Waals surface area (Å²) in [6.07, 6.45) is 7.09. The molecule has 0 aromatic rings. The van der Waals surface area contributed by atoms with Crippen LogP contribution in [-0.2, 0) is 14.4 Å². The summed E-state index contributed by atoms with van der Waals surface area (Å²) in [7, 11) is 0. The highest BCUT2D eigenvalue weighted by molar-refractivity contribution is 6.00. The normalized spacial score (nSPS) is 43.1. The molecule has 32 heavy (non-hydrogen) atoms. The molecule has 0 aromatic carbocycles. The van der Waals surface area contributed by atoms with E-state index in [9.17, 15) is 24.6 Å². The highest BCUT2D eigenvalue weighted by Gasteiger charge is 2.66. The van der Waals surface area contributed by atoms with E-state index in [-0.39, 0.29) is 59.1 Å². The predicted molar refractivity (Wildman–Crippen MR) is 122 cm³/mol. The number of ketones is 3. The molecule has 4 aliphatic rings. The summed E-state index contributed by atoms with van der Waals surface area (Å²) in [5.74, 6) is -0.125. The minimum atomic E-state index is -0.758. The monoisotopic (exact) mass is 444 g/mol. The van der Waals surface area contributed by atoms with Crippen molar-refractivity contribution in [1.29, 1.82) is 0 Å². The molecule has 2 N–H and O–H groups in total. The first-order valence-corrected chi connectivity index (χ1v) is 12.6. The lowest BCUT2D eigenvalue weighted by Gasteiger charge is -2.57. The predicted octanol–water partition coefficient (Wildman–Crippen LogP) is 3.90. The minimum absolute atomic E-state index is 0.000611. The zero-order valence-corrected chi connectivity index (χ0v) is 20.1. The fraction of sp³-hybridized carbons (Fsp3) is 0.815. The molecule has 0 heterocycles. The summed E-state index contributed by atoms with van der Waals surface area (Å²) < 4.78 is 0. The molecule has 4 aliphatic carbocycles. The Morgan fingerprint density at radius 3 is 2.56 bits per heavy atom. The Balaban J connectivity index is 1.60. The van der Waals surface area contributed by atoms with Crippen molar-refractivity contribution in [2.75, 3.05) is 6.61 Å². The van der Waals surface area contributed by atoms with E-state index in [2.05, 4.69) is 13.0 Å². The molecule has 5 nitrogen and oxygen atoms in total. The lowest BCUT2D eigenvalue weighted by molar-refractivity contribution is -0.151. The van der Waals surface area contributed by atoms with Crippen LogP contribution in [0.5, 0.6) is 0 Å². The van der Waals surface area contributed by atoms with Gasteiger partial charge in [0.1, 0.15) is 17.3 Å². The van der Waals surface area contributed by atoms with Crippen LogP contribution >= 0.6 is 0 Å². The molecule has 3 saturated carbocycles. The zero-order valence-electron chi connectivity index (χ0n) is 20.1. The van der Waals surface area contributed by atoms with Gasteiger partial charge in [-0.3, -0.25) is 14.4 Å². The third-order valence-corrected chi connectivity index (χ3v) is 10.1. The van der Waals surface area contributed by atoms with Gasteiger partial charge in [0.05, 0.1) is 6.10 Å². The molecular formula is C27H40O5. The number of fused-ring (bicyclic) bond motifs is 5. The number of hydrogen-bond acceptors (Lipinski definition) is 5. The van der Waals surface area contributed by atoms with Crippen LogP contribution in [0.1, 0.15) is 79.1 Å². The summed E-state index contributed by atoms with van der Waals surface area (Å²) in [6.45, 7) is 8.04. The van der Waals surface area contributed by atoms with E-state index in [0.29, 0.717) is 32.1 Å². The second kappa shape index (κ2) is 8.47. The fourth-order valence-corrected chi connectivity index (χ4v) is 7.90. The summed E-state index contributed by atoms with van der Waals surface area (Å²) in [5, 5.41) is 19.4. The third-order valence-electron chi connectivity index (χ3n) is 10.1. The van der Waals surface area contributed by atoms with Crippen molar-refractivity contribution in [3.63, 3.8) is 0 Å². The topological polar surface area (TPSA) is 91.7 Å². The summed E-state index contributed by atoms with van der Waals surface area (Å²) in [5.41, 5.74) is 0.477. The molecule has 3 fully saturated rings. The van der Waals surface area contributed by atoms with Gasteiger partial charge < -0.3 is 10.2 Å². The number of hydrogen-bond donors (Lipinski definition) is 2. The Kier molecular flexibility index (Phi) is 6.30. The molecule has 0 bridgehead atoms. The van der Waals surface area contributed by atoms with Crippen LogP contribution in [0, 0.1) is 46.3 Å². The Bertz CT molecular complexity index is 830. The zero-order chi connectivity index (χ0) is 23.4. The molecule has 0 unspecified atom stereocenters. The number of allylic oxidation sites excluding steroid dienone is 1. The van der Waals surface area contributed by atoms with Gasteiger partial charge in [0.15, 0.2) is 0 Å². The van der Waals surface area contributed by atoms with Crippen LogP contribution in [0.3, 0.4) is 0 Å². The van der Waals surface area contributed by atoms with Crippen LogP contribution in [-0.4, -0.2) is 40.3 Å². The molecule has 4 rings (SSSR count). The molecule has 0 aliphatic heterocycles. The second-order valence-electron chi connectivity index (χ2n) is 11.8. The van der Waals surface area contributed by atoms with E-state index in [1.54, 1.807) is 0 Å². The maximum Gasteiger partial charge on any atom is 0.140 e. The van der Waals surface area contributed by atoms with Crippen LogP contribution in [0.25, 0.3) is 0 Å². The van der Waals surface area contributed by atoms with E-state index < -0.39 is 17.3 Å². The molecule has 0 amide bonds. The van der Waals surface area contributed by atoms with Gasteiger partial charge in [0, 0.05) is 43.1 Å². The second-order valence-corrected chi connectivity index (χ2v) is 11.8. The SMILES string of the molecule is C[C@@H](CO)CCC(=O)[C@@H](C)[C@H]1C(=O)C[C@H]2[C@@H]3CC=C4C[C@@H](O)CC[C@]4(C)[C@H]3CC(=O)[C@]12C. The van der Waals surface area contributed by atoms with Crippen molar-refractivity contribution in [3.8, 4) is 0 Å². The quantitative estimate of drug-likeness (QED) is 0.606. The van der Waals surface area contributed by atoms with Crippen molar-refractivity contribution in [2.24, 2.45) is 46.3 Å². The maximum atomic E-state index is 13.8. The summed E-state index contributed by atoms with van der Waals surface area (Å²) in [4.78, 5) is 40.1. The molecule has 0 saturated heterocycles. The van der Waals surface area contributed by atoms with E-state index in [4.69, 9.17) is 0 Å². The number of carbonyl (C=O) groups is 3. The number of Topliss-reactive ketones (excluding diaryl/α,β-unsaturated/α-hetero) is 3. The fourth-order valence-electron chi connectivity index (χ4n) is 7.90. The lowest BCUT2D eigenvalue weighted by Crippen LogP contribution is -2.55. The lowest BCUT2D eigenvalue weighted by atomic mass is 9.46. The van der Waals surface area contributed by atoms with Crippen molar-refractivity contribution < 1.29 is 24.6 Å². The van der Waals surface area contributed by atoms with Gasteiger partial charge in [-0.1, -0.05) is 39.3 Å². The van der Waals surface area contributed by atoms with Gasteiger partial charge in [-0.2, -0.15) is 0 Å². The summed E-state index contributed by atoms with van der Waals surface area (Å²) in [6, 6.07) is 0. The highest BCUT2D eigenvalue weighted by atomic mass is 16.3. The smallest absolute Gasteiger partial charge is 0.140 e. The van der Waals surface area contributed by atoms with E-state index in [1.807, 2.05) is 20.8 Å². The number of aliphatic hydroxyl groups excluding tert-OH is 2. The van der Waals surface area contributed by atoms with Crippen LogP contribution in [0.4, 0.5) is 0 Å². The standard InChI is InChI=1S/C27H40O5/c1-15(14-28)5-8-22(30)16(2)25-23(31)12-21-19-7-6-17-11-18(29)9-10-26(17,3)20(19)13-24(32)27(21,25)4/h6,15-16,18-21,25,28-29H,5,7-14H2,1-4H3/t15-,16-,18+,19-,20+,21+,25+,26+,27-/m1/s1. The molecule has 0 radical (unpaired) electrons. The highest BCUT2D eigenvalue weighted by Crippen LogP contribution is 2.65. The van der Waals surface area contributed by atoms with E-state index in [0.717, 1.165) is 19.3 Å². The minimum Gasteiger partial charge on any atom is -0.396 e. The average Bonchev–Trinajstić information content (AvgIpc) is 3.04. The van der Waals surface area contributed by atoms with Crippen LogP contribution in [0.2, 0.25) is 0 Å². The van der Waals surface area contributed by atoms with Gasteiger partial charge in [-0.05, 0) is 61.2 Å². The van der Waals surface area contributed by atoms with Crippen molar-refractivity contribution in [2.45, 2.75) is 85.2 Å². The molecule has 0 spiro atoms. The molecule has 0 aromatic heterocycles. The first kappa shape index (κ1) is 23.8.